The van der Waals surface area contributed by atoms with Crippen molar-refractivity contribution in [2.24, 2.45) is 0 Å². The first-order valence-electron chi connectivity index (χ1n) is 7.36. The SMILES string of the molecule is Cc1cccc(OCCC(=O)NC2CCCNC2)c1C. The van der Waals surface area contributed by atoms with Gasteiger partial charge in [0.25, 0.3) is 0 Å². The maximum Gasteiger partial charge on any atom is 0.223 e. The molecule has 2 N–H and O–H groups in total. The molecule has 1 aromatic rings. The van der Waals surface area contributed by atoms with Crippen molar-refractivity contribution in [1.82, 2.24) is 10.6 Å². The molecule has 1 aliphatic rings. The number of piperidine rings is 1. The third-order valence-electron chi connectivity index (χ3n) is 3.80. The summed E-state index contributed by atoms with van der Waals surface area (Å²) < 4.78 is 5.70. The van der Waals surface area contributed by atoms with Crippen LogP contribution in [-0.2, 0) is 4.79 Å². The first-order valence-corrected chi connectivity index (χ1v) is 7.36. The molecule has 20 heavy (non-hydrogen) atoms. The maximum atomic E-state index is 11.8. The summed E-state index contributed by atoms with van der Waals surface area (Å²) in [5, 5.41) is 6.34. The summed E-state index contributed by atoms with van der Waals surface area (Å²) in [6.45, 7) is 6.46. The molecule has 1 atom stereocenters. The third kappa shape index (κ3) is 4.23. The molecule has 1 aromatic carbocycles. The molecule has 1 unspecified atom stereocenters. The second-order valence-electron chi connectivity index (χ2n) is 5.41. The maximum absolute atomic E-state index is 11.8. The van der Waals surface area contributed by atoms with E-state index in [1.165, 1.54) is 5.56 Å². The van der Waals surface area contributed by atoms with Crippen molar-refractivity contribution in [2.45, 2.75) is 39.2 Å². The van der Waals surface area contributed by atoms with Gasteiger partial charge < -0.3 is 15.4 Å². The quantitative estimate of drug-likeness (QED) is 0.864. The Morgan fingerprint density at radius 2 is 2.30 bits per heavy atom. The number of aryl methyl sites for hydroxylation is 1. The van der Waals surface area contributed by atoms with E-state index in [9.17, 15) is 4.79 Å². The highest BCUT2D eigenvalue weighted by Crippen LogP contribution is 2.20. The van der Waals surface area contributed by atoms with Crippen molar-refractivity contribution in [3.63, 3.8) is 0 Å². The Kier molecular flexibility index (Phi) is 5.41. The molecule has 4 nitrogen and oxygen atoms in total. The highest BCUT2D eigenvalue weighted by molar-refractivity contribution is 5.76. The molecule has 0 saturated carbocycles. The van der Waals surface area contributed by atoms with Gasteiger partial charge >= 0.3 is 0 Å². The van der Waals surface area contributed by atoms with Crippen molar-refractivity contribution in [3.05, 3.63) is 29.3 Å². The fourth-order valence-corrected chi connectivity index (χ4v) is 2.41. The summed E-state index contributed by atoms with van der Waals surface area (Å²) >= 11 is 0. The van der Waals surface area contributed by atoms with E-state index in [1.54, 1.807) is 0 Å². The zero-order valence-corrected chi connectivity index (χ0v) is 12.4. The summed E-state index contributed by atoms with van der Waals surface area (Å²) in [4.78, 5) is 11.8. The Labute approximate surface area is 120 Å². The van der Waals surface area contributed by atoms with E-state index in [4.69, 9.17) is 4.74 Å². The molecule has 1 aliphatic heterocycles. The second kappa shape index (κ2) is 7.29. The average molecular weight is 276 g/mol. The van der Waals surface area contributed by atoms with Crippen LogP contribution in [0.5, 0.6) is 5.75 Å². The van der Waals surface area contributed by atoms with Crippen LogP contribution in [-0.4, -0.2) is 31.6 Å². The van der Waals surface area contributed by atoms with Gasteiger partial charge in [0, 0.05) is 12.6 Å². The van der Waals surface area contributed by atoms with Crippen LogP contribution in [0, 0.1) is 13.8 Å². The Morgan fingerprint density at radius 1 is 1.45 bits per heavy atom. The minimum absolute atomic E-state index is 0.0732. The van der Waals surface area contributed by atoms with Gasteiger partial charge in [0.2, 0.25) is 5.91 Å². The molecule has 1 fully saturated rings. The Hall–Kier alpha value is -1.55. The summed E-state index contributed by atoms with van der Waals surface area (Å²) in [6.07, 6.45) is 2.60. The van der Waals surface area contributed by atoms with Gasteiger partial charge in [-0.2, -0.15) is 0 Å². The smallest absolute Gasteiger partial charge is 0.223 e. The lowest BCUT2D eigenvalue weighted by molar-refractivity contribution is -0.122. The van der Waals surface area contributed by atoms with Gasteiger partial charge in [-0.1, -0.05) is 12.1 Å². The van der Waals surface area contributed by atoms with Crippen LogP contribution >= 0.6 is 0 Å². The van der Waals surface area contributed by atoms with Crippen LogP contribution < -0.4 is 15.4 Å². The van der Waals surface area contributed by atoms with Crippen molar-refractivity contribution < 1.29 is 9.53 Å². The molecule has 1 heterocycles. The van der Waals surface area contributed by atoms with E-state index in [1.807, 2.05) is 19.1 Å². The largest absolute Gasteiger partial charge is 0.493 e. The molecular weight excluding hydrogens is 252 g/mol. The van der Waals surface area contributed by atoms with E-state index < -0.39 is 0 Å². The Bertz CT molecular complexity index is 454. The van der Waals surface area contributed by atoms with E-state index in [-0.39, 0.29) is 11.9 Å². The van der Waals surface area contributed by atoms with Gasteiger partial charge in [0.05, 0.1) is 13.0 Å². The van der Waals surface area contributed by atoms with Crippen LogP contribution in [0.25, 0.3) is 0 Å². The Morgan fingerprint density at radius 3 is 3.05 bits per heavy atom. The topological polar surface area (TPSA) is 50.4 Å². The first-order chi connectivity index (χ1) is 9.66. The zero-order chi connectivity index (χ0) is 14.4. The number of hydrogen-bond donors (Lipinski definition) is 2. The first kappa shape index (κ1) is 14.9. The highest BCUT2D eigenvalue weighted by Gasteiger charge is 2.15. The monoisotopic (exact) mass is 276 g/mol. The van der Waals surface area contributed by atoms with Crippen molar-refractivity contribution >= 4 is 5.91 Å². The molecule has 0 spiro atoms. The molecule has 1 saturated heterocycles. The summed E-state index contributed by atoms with van der Waals surface area (Å²) in [7, 11) is 0. The minimum Gasteiger partial charge on any atom is -0.493 e. The predicted molar refractivity (Wildman–Crippen MR) is 80.1 cm³/mol. The fourth-order valence-electron chi connectivity index (χ4n) is 2.41. The van der Waals surface area contributed by atoms with Gasteiger partial charge in [0.15, 0.2) is 0 Å². The average Bonchev–Trinajstić information content (AvgIpc) is 2.44. The van der Waals surface area contributed by atoms with Gasteiger partial charge in [0.1, 0.15) is 5.75 Å². The number of rotatable bonds is 5. The lowest BCUT2D eigenvalue weighted by Crippen LogP contribution is -2.45. The minimum atomic E-state index is 0.0732. The molecule has 0 bridgehead atoms. The van der Waals surface area contributed by atoms with Crippen LogP contribution in [0.3, 0.4) is 0 Å². The van der Waals surface area contributed by atoms with E-state index in [0.29, 0.717) is 13.0 Å². The highest BCUT2D eigenvalue weighted by atomic mass is 16.5. The Balaban J connectivity index is 1.72. The molecule has 110 valence electrons. The van der Waals surface area contributed by atoms with Gasteiger partial charge in [-0.05, 0) is 50.4 Å². The molecule has 2 rings (SSSR count). The standard InChI is InChI=1S/C16H24N2O2/c1-12-5-3-7-15(13(12)2)20-10-8-16(19)18-14-6-4-9-17-11-14/h3,5,7,14,17H,4,6,8-11H2,1-2H3,(H,18,19). The van der Waals surface area contributed by atoms with Crippen molar-refractivity contribution in [1.29, 1.82) is 0 Å². The number of ether oxygens (including phenoxy) is 1. The summed E-state index contributed by atoms with van der Waals surface area (Å²) in [5.41, 5.74) is 2.35. The van der Waals surface area contributed by atoms with Crippen molar-refractivity contribution in [3.8, 4) is 5.75 Å². The number of carbonyl (C=O) groups is 1. The molecule has 0 radical (unpaired) electrons. The lowest BCUT2D eigenvalue weighted by Gasteiger charge is -2.23. The van der Waals surface area contributed by atoms with Gasteiger partial charge in [-0.25, -0.2) is 0 Å². The van der Waals surface area contributed by atoms with E-state index in [0.717, 1.165) is 37.2 Å². The second-order valence-corrected chi connectivity index (χ2v) is 5.41. The van der Waals surface area contributed by atoms with Crippen LogP contribution in [0.15, 0.2) is 18.2 Å². The van der Waals surface area contributed by atoms with E-state index in [2.05, 4.69) is 23.6 Å². The molecule has 0 aliphatic carbocycles. The number of benzene rings is 1. The molecule has 1 amide bonds. The van der Waals surface area contributed by atoms with Crippen LogP contribution in [0.2, 0.25) is 0 Å². The molecule has 0 aromatic heterocycles. The van der Waals surface area contributed by atoms with Crippen molar-refractivity contribution in [2.75, 3.05) is 19.7 Å². The summed E-state index contributed by atoms with van der Waals surface area (Å²) in [5.74, 6) is 0.945. The predicted octanol–water partition coefficient (Wildman–Crippen LogP) is 1.94. The fraction of sp³-hybridized carbons (Fsp3) is 0.562. The normalized spacial score (nSPS) is 18.6. The third-order valence-corrected chi connectivity index (χ3v) is 3.80. The molecular formula is C16H24N2O2. The number of nitrogens with one attached hydrogen (secondary N) is 2. The van der Waals surface area contributed by atoms with E-state index >= 15 is 0 Å². The van der Waals surface area contributed by atoms with Crippen LogP contribution in [0.4, 0.5) is 0 Å². The van der Waals surface area contributed by atoms with Crippen LogP contribution in [0.1, 0.15) is 30.4 Å². The number of amides is 1. The summed E-state index contributed by atoms with van der Waals surface area (Å²) in [6, 6.07) is 6.26. The zero-order valence-electron chi connectivity index (χ0n) is 12.4. The number of hydrogen-bond acceptors (Lipinski definition) is 3. The van der Waals surface area contributed by atoms with Gasteiger partial charge in [-0.15, -0.1) is 0 Å². The number of carbonyl (C=O) groups excluding carboxylic acids is 1. The molecule has 4 heteroatoms. The van der Waals surface area contributed by atoms with Gasteiger partial charge in [-0.3, -0.25) is 4.79 Å². The lowest BCUT2D eigenvalue weighted by atomic mass is 10.1.